The fraction of sp³-hybridized carbons (Fsp3) is 0.0625. The van der Waals surface area contributed by atoms with E-state index >= 15 is 0 Å². The summed E-state index contributed by atoms with van der Waals surface area (Å²) in [5.74, 6) is 7.51. The smallest absolute Gasteiger partial charge is 0.283 e. The van der Waals surface area contributed by atoms with Gasteiger partial charge in [-0.15, -0.1) is 5.10 Å². The van der Waals surface area contributed by atoms with Gasteiger partial charge in [0.25, 0.3) is 11.3 Å². The fourth-order valence-electron chi connectivity index (χ4n) is 2.55. The lowest BCUT2D eigenvalue weighted by molar-refractivity contribution is 0.415. The highest BCUT2D eigenvalue weighted by molar-refractivity contribution is 5.79. The number of rotatable bonds is 2. The minimum absolute atomic E-state index is 0.251. The van der Waals surface area contributed by atoms with Gasteiger partial charge in [-0.3, -0.25) is 4.79 Å². The first kappa shape index (κ1) is 13.3. The van der Waals surface area contributed by atoms with Gasteiger partial charge in [0.1, 0.15) is 5.75 Å². The van der Waals surface area contributed by atoms with Gasteiger partial charge in [-0.05, 0) is 24.3 Å². The number of nitrogens with zero attached hydrogens (tertiary/aromatic N) is 4. The molecule has 0 bridgehead atoms. The molecule has 0 unspecified atom stereocenters. The molecule has 0 aliphatic rings. The maximum atomic E-state index is 12.6. The van der Waals surface area contributed by atoms with Crippen LogP contribution in [-0.2, 0) is 0 Å². The van der Waals surface area contributed by atoms with Crippen LogP contribution in [0.4, 0.5) is 0 Å². The number of benzene rings is 2. The lowest BCUT2D eigenvalue weighted by Crippen LogP contribution is -2.18. The van der Waals surface area contributed by atoms with Crippen LogP contribution in [0.15, 0.2) is 53.3 Å². The Morgan fingerprint density at radius 1 is 1.13 bits per heavy atom. The standard InChI is InChI=1S/C16H13N5O2/c1-23-11-6-4-5-10(9-11)14-19-21-15(22)12-7-2-3-8-13(12)18-16(21)20(14)17/h2-9H,17H2,1H3. The number of hydrogen-bond acceptors (Lipinski definition) is 5. The topological polar surface area (TPSA) is 87.4 Å². The maximum absolute atomic E-state index is 12.6. The van der Waals surface area contributed by atoms with Crippen LogP contribution in [0.5, 0.6) is 5.75 Å². The van der Waals surface area contributed by atoms with Crippen LogP contribution in [-0.4, -0.2) is 26.4 Å². The van der Waals surface area contributed by atoms with Gasteiger partial charge >= 0.3 is 0 Å². The Balaban J connectivity index is 2.06. The number of ether oxygens (including phenoxy) is 1. The first-order chi connectivity index (χ1) is 11.2. The molecule has 0 atom stereocenters. The van der Waals surface area contributed by atoms with Gasteiger partial charge in [-0.25, -0.2) is 9.66 Å². The second kappa shape index (κ2) is 4.84. The highest BCUT2D eigenvalue weighted by Crippen LogP contribution is 2.22. The van der Waals surface area contributed by atoms with Crippen LogP contribution in [0.1, 0.15) is 0 Å². The largest absolute Gasteiger partial charge is 0.497 e. The van der Waals surface area contributed by atoms with E-state index in [4.69, 9.17) is 10.6 Å². The van der Waals surface area contributed by atoms with Crippen molar-refractivity contribution in [1.82, 2.24) is 19.3 Å². The number of aromatic nitrogens is 4. The maximum Gasteiger partial charge on any atom is 0.283 e. The summed E-state index contributed by atoms with van der Waals surface area (Å²) >= 11 is 0. The number of fused-ring (bicyclic) bond motifs is 2. The van der Waals surface area contributed by atoms with Crippen molar-refractivity contribution < 1.29 is 4.74 Å². The second-order valence-corrected chi connectivity index (χ2v) is 5.07. The third-order valence-electron chi connectivity index (χ3n) is 3.70. The van der Waals surface area contributed by atoms with Crippen molar-refractivity contribution in [3.05, 3.63) is 58.9 Å². The minimum Gasteiger partial charge on any atom is -0.497 e. The first-order valence-corrected chi connectivity index (χ1v) is 6.99. The van der Waals surface area contributed by atoms with E-state index in [1.54, 1.807) is 31.4 Å². The zero-order valence-electron chi connectivity index (χ0n) is 12.3. The van der Waals surface area contributed by atoms with E-state index in [2.05, 4.69) is 10.1 Å². The highest BCUT2D eigenvalue weighted by Gasteiger charge is 2.15. The second-order valence-electron chi connectivity index (χ2n) is 5.07. The third kappa shape index (κ3) is 1.94. The molecule has 0 saturated carbocycles. The molecule has 0 amide bonds. The molecule has 0 fully saturated rings. The number of nitrogen functional groups attached to an aromatic ring is 1. The lowest BCUT2D eigenvalue weighted by atomic mass is 10.2. The fourth-order valence-corrected chi connectivity index (χ4v) is 2.55. The molecule has 0 aliphatic heterocycles. The number of hydrogen-bond donors (Lipinski definition) is 1. The van der Waals surface area contributed by atoms with Crippen molar-refractivity contribution in [2.24, 2.45) is 0 Å². The van der Waals surface area contributed by atoms with E-state index in [1.807, 2.05) is 24.3 Å². The van der Waals surface area contributed by atoms with E-state index in [-0.39, 0.29) is 11.3 Å². The van der Waals surface area contributed by atoms with Gasteiger partial charge in [0.05, 0.1) is 18.0 Å². The third-order valence-corrected chi connectivity index (χ3v) is 3.70. The molecule has 23 heavy (non-hydrogen) atoms. The lowest BCUT2D eigenvalue weighted by Gasteiger charge is -2.03. The van der Waals surface area contributed by atoms with Gasteiger partial charge in [0.15, 0.2) is 5.82 Å². The molecule has 0 spiro atoms. The predicted molar refractivity (Wildman–Crippen MR) is 86.9 cm³/mol. The summed E-state index contributed by atoms with van der Waals surface area (Å²) in [6, 6.07) is 14.4. The molecule has 2 aromatic carbocycles. The molecule has 7 nitrogen and oxygen atoms in total. The molecule has 4 rings (SSSR count). The molecule has 2 aromatic heterocycles. The summed E-state index contributed by atoms with van der Waals surface area (Å²) in [5.41, 5.74) is 1.07. The summed E-state index contributed by atoms with van der Waals surface area (Å²) < 4.78 is 7.74. The van der Waals surface area contributed by atoms with Crippen LogP contribution >= 0.6 is 0 Å². The van der Waals surface area contributed by atoms with Crippen molar-refractivity contribution >= 4 is 16.7 Å². The molecule has 4 aromatic rings. The van der Waals surface area contributed by atoms with Crippen LogP contribution in [0.3, 0.4) is 0 Å². The summed E-state index contributed by atoms with van der Waals surface area (Å²) in [6.07, 6.45) is 0. The average molecular weight is 307 g/mol. The quantitative estimate of drug-likeness (QED) is 0.566. The van der Waals surface area contributed by atoms with Crippen molar-refractivity contribution in [3.63, 3.8) is 0 Å². The van der Waals surface area contributed by atoms with Gasteiger partial charge in [0.2, 0.25) is 0 Å². The van der Waals surface area contributed by atoms with E-state index < -0.39 is 0 Å². The van der Waals surface area contributed by atoms with E-state index in [1.165, 1.54) is 9.19 Å². The zero-order valence-corrected chi connectivity index (χ0v) is 12.3. The molecule has 2 heterocycles. The van der Waals surface area contributed by atoms with Crippen molar-refractivity contribution in [1.29, 1.82) is 0 Å². The van der Waals surface area contributed by atoms with Gasteiger partial charge < -0.3 is 10.6 Å². The Hall–Kier alpha value is -3.35. The first-order valence-electron chi connectivity index (χ1n) is 6.99. The summed E-state index contributed by atoms with van der Waals surface area (Å²) in [4.78, 5) is 17.0. The Morgan fingerprint density at radius 3 is 2.78 bits per heavy atom. The average Bonchev–Trinajstić information content (AvgIpc) is 2.93. The van der Waals surface area contributed by atoms with E-state index in [0.29, 0.717) is 22.5 Å². The normalized spacial score (nSPS) is 11.2. The number of nitrogens with two attached hydrogens (primary N) is 1. The van der Waals surface area contributed by atoms with Gasteiger partial charge in [-0.1, -0.05) is 24.3 Å². The molecule has 0 aliphatic carbocycles. The molecule has 0 saturated heterocycles. The van der Waals surface area contributed by atoms with Crippen molar-refractivity contribution in [3.8, 4) is 17.1 Å². The molecule has 7 heteroatoms. The molecule has 114 valence electrons. The minimum atomic E-state index is -0.251. The van der Waals surface area contributed by atoms with Crippen molar-refractivity contribution in [2.45, 2.75) is 0 Å². The SMILES string of the molecule is COc1cccc(-c2nn3c(=O)c4ccccc4nc3n2N)c1. The highest BCUT2D eigenvalue weighted by atomic mass is 16.5. The molecular formula is C16H13N5O2. The number of para-hydroxylation sites is 1. The van der Waals surface area contributed by atoms with Gasteiger partial charge in [-0.2, -0.15) is 4.52 Å². The van der Waals surface area contributed by atoms with Crippen LogP contribution in [0.25, 0.3) is 28.1 Å². The summed E-state index contributed by atoms with van der Waals surface area (Å²) in [6.45, 7) is 0. The Bertz CT molecular complexity index is 1100. The Kier molecular flexibility index (Phi) is 2.80. The summed E-state index contributed by atoms with van der Waals surface area (Å²) in [5, 5.41) is 4.83. The Morgan fingerprint density at radius 2 is 1.96 bits per heavy atom. The van der Waals surface area contributed by atoms with Crippen LogP contribution in [0, 0.1) is 0 Å². The zero-order chi connectivity index (χ0) is 16.0. The van der Waals surface area contributed by atoms with Crippen LogP contribution < -0.4 is 16.1 Å². The predicted octanol–water partition coefficient (Wildman–Crippen LogP) is 1.43. The van der Waals surface area contributed by atoms with Crippen molar-refractivity contribution in [2.75, 3.05) is 13.0 Å². The van der Waals surface area contributed by atoms with Crippen LogP contribution in [0.2, 0.25) is 0 Å². The molecule has 2 N–H and O–H groups in total. The number of methoxy groups -OCH3 is 1. The van der Waals surface area contributed by atoms with Gasteiger partial charge in [0, 0.05) is 5.56 Å². The summed E-state index contributed by atoms with van der Waals surface area (Å²) in [7, 11) is 1.59. The molecule has 0 radical (unpaired) electrons. The van der Waals surface area contributed by atoms with E-state index in [9.17, 15) is 4.79 Å². The monoisotopic (exact) mass is 307 g/mol. The Labute approximate surface area is 130 Å². The molecular weight excluding hydrogens is 294 g/mol. The van der Waals surface area contributed by atoms with E-state index in [0.717, 1.165) is 5.56 Å².